The SMILES string of the molecule is COc1ccc(C(OC[C@H]2O[C@@H](n3ccc(NC(=O)c4ccccc4)nc3=O)[C@H](SSc3ccccn3)[C@@H]2O)(c2ccccc2)c2ccc(OC)cc2)cc1. The quantitative estimate of drug-likeness (QED) is 0.0877. The van der Waals surface area contributed by atoms with Crippen molar-refractivity contribution in [2.45, 2.75) is 34.3 Å². The van der Waals surface area contributed by atoms with Crippen LogP contribution in [-0.2, 0) is 15.1 Å². The lowest BCUT2D eigenvalue weighted by Crippen LogP contribution is -2.39. The number of amides is 1. The highest BCUT2D eigenvalue weighted by molar-refractivity contribution is 8.76. The zero-order valence-corrected chi connectivity index (χ0v) is 31.6. The van der Waals surface area contributed by atoms with Gasteiger partial charge in [0.25, 0.3) is 5.91 Å². The number of hydrogen-bond donors (Lipinski definition) is 2. The third kappa shape index (κ3) is 8.31. The highest BCUT2D eigenvalue weighted by Crippen LogP contribution is 2.47. The molecule has 4 aromatic carbocycles. The fourth-order valence-corrected chi connectivity index (χ4v) is 9.00. The van der Waals surface area contributed by atoms with Crippen molar-refractivity contribution in [2.24, 2.45) is 0 Å². The summed E-state index contributed by atoms with van der Waals surface area (Å²) in [5.41, 5.74) is 1.09. The summed E-state index contributed by atoms with van der Waals surface area (Å²) in [6.45, 7) is -0.0661. The van der Waals surface area contributed by atoms with E-state index in [0.717, 1.165) is 21.7 Å². The number of aliphatic hydroxyl groups excluding tert-OH is 1. The van der Waals surface area contributed by atoms with Gasteiger partial charge < -0.3 is 29.4 Å². The molecule has 1 fully saturated rings. The Morgan fingerprint density at radius 1 is 0.818 bits per heavy atom. The number of benzene rings is 4. The van der Waals surface area contributed by atoms with Crippen LogP contribution in [0.5, 0.6) is 11.5 Å². The van der Waals surface area contributed by atoms with Crippen LogP contribution < -0.4 is 20.5 Å². The molecule has 13 heteroatoms. The van der Waals surface area contributed by atoms with Gasteiger partial charge in [-0.1, -0.05) is 89.7 Å². The molecule has 55 heavy (non-hydrogen) atoms. The lowest BCUT2D eigenvalue weighted by molar-refractivity contribution is -0.0943. The van der Waals surface area contributed by atoms with E-state index >= 15 is 0 Å². The predicted octanol–water partition coefficient (Wildman–Crippen LogP) is 6.98. The Labute approximate surface area is 326 Å². The standard InChI is InChI=1S/C42H38N4O7S2/c1-50-32-20-16-30(17-21-32)42(29-13-7-4-8-14-29,31-18-22-33(51-2)23-19-31)52-27-34-37(47)38(55-54-36-15-9-10-25-43-36)40(53-34)46-26-24-35(45-41(46)49)44-39(48)28-11-5-3-6-12-28/h3-26,34,37-38,40,47H,27H2,1-2H3,(H,44,45,48,49)/t34-,37-,38-,40-/m1/s1. The summed E-state index contributed by atoms with van der Waals surface area (Å²) in [5.74, 6) is 1.07. The van der Waals surface area contributed by atoms with Gasteiger partial charge in [-0.2, -0.15) is 4.98 Å². The van der Waals surface area contributed by atoms with Gasteiger partial charge in [0, 0.05) is 18.0 Å². The summed E-state index contributed by atoms with van der Waals surface area (Å²) in [5, 5.41) is 14.8. The van der Waals surface area contributed by atoms with Crippen LogP contribution in [0.2, 0.25) is 0 Å². The average Bonchev–Trinajstić information content (AvgIpc) is 3.55. The molecule has 0 spiro atoms. The van der Waals surface area contributed by atoms with Gasteiger partial charge >= 0.3 is 5.69 Å². The number of carbonyl (C=O) groups excluding carboxylic acids is 1. The molecule has 11 nitrogen and oxygen atoms in total. The van der Waals surface area contributed by atoms with E-state index in [1.807, 2.05) is 103 Å². The molecule has 0 aliphatic carbocycles. The molecule has 6 aromatic rings. The highest BCUT2D eigenvalue weighted by atomic mass is 33.1. The number of aliphatic hydroxyl groups is 1. The molecule has 7 rings (SSSR count). The normalized spacial score (nSPS) is 18.1. The summed E-state index contributed by atoms with van der Waals surface area (Å²) in [7, 11) is 5.94. The molecule has 2 aromatic heterocycles. The molecule has 1 amide bonds. The zero-order chi connectivity index (χ0) is 38.2. The summed E-state index contributed by atoms with van der Waals surface area (Å²) in [6.07, 6.45) is 0.290. The minimum absolute atomic E-state index is 0.0661. The molecular formula is C42H38N4O7S2. The number of carbonyl (C=O) groups is 1. The van der Waals surface area contributed by atoms with E-state index in [1.165, 1.54) is 38.4 Å². The molecule has 0 bridgehead atoms. The van der Waals surface area contributed by atoms with Crippen LogP contribution in [0.4, 0.5) is 5.82 Å². The van der Waals surface area contributed by atoms with Crippen molar-refractivity contribution >= 4 is 33.3 Å². The zero-order valence-electron chi connectivity index (χ0n) is 29.9. The van der Waals surface area contributed by atoms with Crippen molar-refractivity contribution in [3.63, 3.8) is 0 Å². The molecule has 4 atom stereocenters. The maximum absolute atomic E-state index is 13.6. The lowest BCUT2D eigenvalue weighted by atomic mass is 9.80. The molecule has 0 radical (unpaired) electrons. The van der Waals surface area contributed by atoms with E-state index in [-0.39, 0.29) is 12.4 Å². The van der Waals surface area contributed by atoms with E-state index in [1.54, 1.807) is 44.7 Å². The van der Waals surface area contributed by atoms with Crippen LogP contribution in [0, 0.1) is 0 Å². The summed E-state index contributed by atoms with van der Waals surface area (Å²) >= 11 is 0. The van der Waals surface area contributed by atoms with E-state index in [9.17, 15) is 14.7 Å². The second kappa shape index (κ2) is 17.4. The van der Waals surface area contributed by atoms with E-state index in [2.05, 4.69) is 15.3 Å². The molecule has 0 unspecified atom stereocenters. The van der Waals surface area contributed by atoms with E-state index < -0.39 is 40.9 Å². The first-order valence-electron chi connectivity index (χ1n) is 17.4. The molecule has 2 N–H and O–H groups in total. The number of pyridine rings is 1. The van der Waals surface area contributed by atoms with Crippen LogP contribution in [-0.4, -0.2) is 63.8 Å². The Bertz CT molecular complexity index is 2180. The highest BCUT2D eigenvalue weighted by Gasteiger charge is 2.48. The fourth-order valence-electron chi connectivity index (χ4n) is 6.42. The van der Waals surface area contributed by atoms with Crippen LogP contribution in [0.1, 0.15) is 33.3 Å². The Balaban J connectivity index is 1.22. The monoisotopic (exact) mass is 774 g/mol. The maximum atomic E-state index is 13.6. The molecule has 3 heterocycles. The molecule has 280 valence electrons. The van der Waals surface area contributed by atoms with Gasteiger partial charge in [-0.05, 0) is 82.1 Å². The van der Waals surface area contributed by atoms with Crippen molar-refractivity contribution in [3.05, 3.63) is 179 Å². The largest absolute Gasteiger partial charge is 0.497 e. The predicted molar refractivity (Wildman–Crippen MR) is 213 cm³/mol. The first-order valence-corrected chi connectivity index (χ1v) is 19.6. The molecule has 1 aliphatic heterocycles. The third-order valence-electron chi connectivity index (χ3n) is 9.21. The van der Waals surface area contributed by atoms with Crippen molar-refractivity contribution in [1.29, 1.82) is 0 Å². The van der Waals surface area contributed by atoms with Gasteiger partial charge in [0.05, 0.1) is 32.2 Å². The minimum Gasteiger partial charge on any atom is -0.497 e. The van der Waals surface area contributed by atoms with Crippen molar-refractivity contribution in [3.8, 4) is 11.5 Å². The fraction of sp³-hybridized carbons (Fsp3) is 0.190. The number of methoxy groups -OCH3 is 2. The smallest absolute Gasteiger partial charge is 0.351 e. The van der Waals surface area contributed by atoms with Crippen LogP contribution in [0.3, 0.4) is 0 Å². The first kappa shape index (κ1) is 37.9. The maximum Gasteiger partial charge on any atom is 0.351 e. The third-order valence-corrected chi connectivity index (χ3v) is 11.9. The van der Waals surface area contributed by atoms with Crippen molar-refractivity contribution in [1.82, 2.24) is 14.5 Å². The average molecular weight is 775 g/mol. The van der Waals surface area contributed by atoms with Crippen LogP contribution in [0.15, 0.2) is 156 Å². The topological polar surface area (TPSA) is 134 Å². The van der Waals surface area contributed by atoms with Gasteiger partial charge in [0.2, 0.25) is 0 Å². The van der Waals surface area contributed by atoms with E-state index in [0.29, 0.717) is 17.1 Å². The first-order chi connectivity index (χ1) is 26.9. The number of nitrogens with one attached hydrogen (secondary N) is 1. The second-order valence-corrected chi connectivity index (χ2v) is 14.9. The second-order valence-electron chi connectivity index (χ2n) is 12.5. The van der Waals surface area contributed by atoms with Gasteiger partial charge in [-0.25, -0.2) is 9.78 Å². The number of aromatic nitrogens is 3. The number of ether oxygens (including phenoxy) is 4. The Hall–Kier alpha value is -5.44. The van der Waals surface area contributed by atoms with Gasteiger partial charge in [-0.3, -0.25) is 9.36 Å². The van der Waals surface area contributed by atoms with Gasteiger partial charge in [-0.15, -0.1) is 0 Å². The van der Waals surface area contributed by atoms with E-state index in [4.69, 9.17) is 18.9 Å². The molecule has 1 aliphatic rings. The number of anilines is 1. The lowest BCUT2D eigenvalue weighted by Gasteiger charge is -2.37. The number of rotatable bonds is 14. The van der Waals surface area contributed by atoms with Crippen molar-refractivity contribution in [2.75, 3.05) is 26.1 Å². The summed E-state index contributed by atoms with van der Waals surface area (Å²) in [4.78, 5) is 35.0. The number of hydrogen-bond acceptors (Lipinski definition) is 11. The molecule has 0 saturated carbocycles. The van der Waals surface area contributed by atoms with Crippen LogP contribution >= 0.6 is 21.6 Å². The van der Waals surface area contributed by atoms with Gasteiger partial charge in [0.1, 0.15) is 34.0 Å². The minimum atomic E-state index is -1.16. The van der Waals surface area contributed by atoms with Gasteiger partial charge in [0.15, 0.2) is 6.23 Å². The van der Waals surface area contributed by atoms with Crippen LogP contribution in [0.25, 0.3) is 0 Å². The molecular weight excluding hydrogens is 737 g/mol. The molecule has 1 saturated heterocycles. The Morgan fingerprint density at radius 2 is 1.42 bits per heavy atom. The summed E-state index contributed by atoms with van der Waals surface area (Å²) < 4.78 is 25.9. The Kier molecular flexibility index (Phi) is 11.9. The Morgan fingerprint density at radius 3 is 2.00 bits per heavy atom. The summed E-state index contributed by atoms with van der Waals surface area (Å²) in [6, 6.07) is 40.9. The number of nitrogens with zero attached hydrogens (tertiary/aromatic N) is 3. The van der Waals surface area contributed by atoms with Crippen molar-refractivity contribution < 1.29 is 28.8 Å².